The number of hydrogen-bond donors (Lipinski definition) is 1. The molecule has 0 radical (unpaired) electrons. The molecular weight excluding hydrogens is 354 g/mol. The van der Waals surface area contributed by atoms with Gasteiger partial charge in [-0.05, 0) is 54.0 Å². The average molecular weight is 380 g/mol. The first-order valence-corrected chi connectivity index (χ1v) is 10.0. The van der Waals surface area contributed by atoms with Gasteiger partial charge in [-0.15, -0.1) is 11.8 Å². The molecule has 1 aliphatic rings. The van der Waals surface area contributed by atoms with Crippen LogP contribution in [0.2, 0.25) is 0 Å². The Bertz CT molecular complexity index is 964. The fraction of sp³-hybridized carbons (Fsp3) is 0.391. The Balaban J connectivity index is 1.94. The van der Waals surface area contributed by atoms with Gasteiger partial charge in [0.05, 0.1) is 11.3 Å². The first-order chi connectivity index (χ1) is 12.6. The van der Waals surface area contributed by atoms with E-state index in [1.807, 2.05) is 18.7 Å². The van der Waals surface area contributed by atoms with Crippen molar-refractivity contribution in [2.45, 2.75) is 62.5 Å². The number of fused-ring (bicyclic) bond motifs is 1. The highest BCUT2D eigenvalue weighted by atomic mass is 32.2. The van der Waals surface area contributed by atoms with Gasteiger partial charge < -0.3 is 5.11 Å². The summed E-state index contributed by atoms with van der Waals surface area (Å²) in [6.07, 6.45) is 1.71. The number of carbonyl (C=O) groups is 1. The molecule has 1 aromatic carbocycles. The summed E-state index contributed by atoms with van der Waals surface area (Å²) in [6, 6.07) is 9.70. The molecule has 4 heteroatoms. The van der Waals surface area contributed by atoms with Gasteiger partial charge in [0.1, 0.15) is 5.69 Å². The monoisotopic (exact) mass is 379 g/mol. The van der Waals surface area contributed by atoms with Crippen LogP contribution in [0.1, 0.15) is 73.9 Å². The summed E-state index contributed by atoms with van der Waals surface area (Å²) in [4.78, 5) is 16.9. The van der Waals surface area contributed by atoms with Crippen LogP contribution in [0.4, 0.5) is 0 Å². The smallest absolute Gasteiger partial charge is 0.337 e. The summed E-state index contributed by atoms with van der Waals surface area (Å²) in [7, 11) is 0. The molecule has 0 aliphatic carbocycles. The Kier molecular flexibility index (Phi) is 5.10. The third-order valence-corrected chi connectivity index (χ3v) is 6.09. The Morgan fingerprint density at radius 2 is 1.93 bits per heavy atom. The largest absolute Gasteiger partial charge is 0.478 e. The minimum absolute atomic E-state index is 0.153. The predicted octanol–water partition coefficient (Wildman–Crippen LogP) is 5.29. The van der Waals surface area contributed by atoms with Crippen molar-refractivity contribution in [2.24, 2.45) is 0 Å². The minimum atomic E-state index is -0.948. The molecule has 0 saturated heterocycles. The Hall–Kier alpha value is -2.25. The lowest BCUT2D eigenvalue weighted by molar-refractivity contribution is 0.0695. The number of nitrogens with zero attached hydrogens (tertiary/aromatic N) is 1. The van der Waals surface area contributed by atoms with Gasteiger partial charge in [0.2, 0.25) is 0 Å². The first kappa shape index (κ1) is 19.5. The van der Waals surface area contributed by atoms with Crippen LogP contribution < -0.4 is 0 Å². The molecule has 0 amide bonds. The van der Waals surface area contributed by atoms with Crippen LogP contribution in [0.3, 0.4) is 0 Å². The van der Waals surface area contributed by atoms with Gasteiger partial charge in [-0.2, -0.15) is 0 Å². The molecule has 140 valence electrons. The van der Waals surface area contributed by atoms with Crippen molar-refractivity contribution in [1.29, 1.82) is 0 Å². The second kappa shape index (κ2) is 7.05. The molecule has 1 aromatic heterocycles. The second-order valence-electron chi connectivity index (χ2n) is 8.23. The van der Waals surface area contributed by atoms with E-state index in [0.717, 1.165) is 12.0 Å². The third-order valence-electron chi connectivity index (χ3n) is 4.84. The molecule has 0 bridgehead atoms. The van der Waals surface area contributed by atoms with Gasteiger partial charge in [0.25, 0.3) is 0 Å². The summed E-state index contributed by atoms with van der Waals surface area (Å²) in [5, 5.41) is 9.21. The van der Waals surface area contributed by atoms with Gasteiger partial charge in [0.15, 0.2) is 0 Å². The molecule has 0 fully saturated rings. The van der Waals surface area contributed by atoms with Crippen molar-refractivity contribution >= 4 is 17.7 Å². The molecule has 2 heterocycles. The van der Waals surface area contributed by atoms with Crippen LogP contribution in [-0.2, 0) is 11.8 Å². The fourth-order valence-electron chi connectivity index (χ4n) is 3.91. The van der Waals surface area contributed by atoms with Crippen LogP contribution in [0.25, 0.3) is 0 Å². The SMILES string of the molecule is CCc1nc(C#Cc2ccc3c(c2)SC(C)(C)CC3(C)C)ccc1C(=O)O. The van der Waals surface area contributed by atoms with Crippen LogP contribution in [-0.4, -0.2) is 20.8 Å². The first-order valence-electron chi connectivity index (χ1n) is 9.20. The zero-order valence-electron chi connectivity index (χ0n) is 16.5. The van der Waals surface area contributed by atoms with Crippen LogP contribution in [0.15, 0.2) is 35.2 Å². The van der Waals surface area contributed by atoms with E-state index >= 15 is 0 Å². The normalized spacial score (nSPS) is 16.8. The lowest BCUT2D eigenvalue weighted by Crippen LogP contribution is -2.33. The van der Waals surface area contributed by atoms with Crippen molar-refractivity contribution in [3.05, 3.63) is 58.4 Å². The van der Waals surface area contributed by atoms with E-state index in [1.165, 1.54) is 10.5 Å². The zero-order chi connectivity index (χ0) is 19.8. The van der Waals surface area contributed by atoms with Crippen molar-refractivity contribution < 1.29 is 9.90 Å². The second-order valence-corrected chi connectivity index (χ2v) is 9.98. The molecule has 0 unspecified atom stereocenters. The van der Waals surface area contributed by atoms with E-state index in [1.54, 1.807) is 12.1 Å². The van der Waals surface area contributed by atoms with Gasteiger partial charge in [-0.3, -0.25) is 0 Å². The Morgan fingerprint density at radius 1 is 1.19 bits per heavy atom. The lowest BCUT2D eigenvalue weighted by atomic mass is 9.77. The standard InChI is InChI=1S/C23H25NO2S/c1-6-19-17(21(25)26)11-10-16(24-19)9-7-15-8-12-18-20(13-15)27-23(4,5)14-22(18,2)3/h8,10-13H,6,14H2,1-5H3,(H,25,26). The summed E-state index contributed by atoms with van der Waals surface area (Å²) < 4.78 is 0.201. The van der Waals surface area contributed by atoms with Gasteiger partial charge in [0, 0.05) is 15.2 Å². The number of pyridine rings is 1. The Morgan fingerprint density at radius 3 is 2.59 bits per heavy atom. The van der Waals surface area contributed by atoms with E-state index in [4.69, 9.17) is 0 Å². The highest BCUT2D eigenvalue weighted by Crippen LogP contribution is 2.50. The molecule has 27 heavy (non-hydrogen) atoms. The number of aromatic nitrogens is 1. The third kappa shape index (κ3) is 4.20. The summed E-state index contributed by atoms with van der Waals surface area (Å²) in [6.45, 7) is 11.1. The number of hydrogen-bond acceptors (Lipinski definition) is 3. The summed E-state index contributed by atoms with van der Waals surface area (Å²) in [5.74, 6) is 5.33. The van der Waals surface area contributed by atoms with E-state index in [9.17, 15) is 9.90 Å². The van der Waals surface area contributed by atoms with E-state index in [0.29, 0.717) is 17.8 Å². The number of rotatable bonds is 2. The Labute approximate surface area is 165 Å². The maximum Gasteiger partial charge on any atom is 0.337 e. The summed E-state index contributed by atoms with van der Waals surface area (Å²) >= 11 is 1.91. The molecule has 0 atom stereocenters. The number of carboxylic acids is 1. The van der Waals surface area contributed by atoms with Crippen molar-refractivity contribution in [2.75, 3.05) is 0 Å². The molecule has 0 saturated carbocycles. The van der Waals surface area contributed by atoms with E-state index < -0.39 is 5.97 Å². The van der Waals surface area contributed by atoms with Crippen molar-refractivity contribution in [3.8, 4) is 11.8 Å². The van der Waals surface area contributed by atoms with Crippen molar-refractivity contribution in [3.63, 3.8) is 0 Å². The number of benzene rings is 1. The van der Waals surface area contributed by atoms with E-state index in [-0.39, 0.29) is 15.7 Å². The van der Waals surface area contributed by atoms with E-state index in [2.05, 4.69) is 62.7 Å². The highest BCUT2D eigenvalue weighted by Gasteiger charge is 2.37. The van der Waals surface area contributed by atoms with Crippen LogP contribution in [0.5, 0.6) is 0 Å². The van der Waals surface area contributed by atoms with Gasteiger partial charge in [-0.1, -0.05) is 46.6 Å². The lowest BCUT2D eigenvalue weighted by Gasteiger charge is -2.41. The van der Waals surface area contributed by atoms with Crippen molar-refractivity contribution in [1.82, 2.24) is 4.98 Å². The fourth-order valence-corrected chi connectivity index (χ4v) is 5.58. The number of thioether (sulfide) groups is 1. The molecule has 1 aliphatic heterocycles. The molecular formula is C23H25NO2S. The number of carboxylic acid groups (broad SMARTS) is 1. The van der Waals surface area contributed by atoms with Gasteiger partial charge in [-0.25, -0.2) is 9.78 Å². The topological polar surface area (TPSA) is 50.2 Å². The number of aromatic carboxylic acids is 1. The summed E-state index contributed by atoms with van der Waals surface area (Å²) in [5.41, 5.74) is 3.91. The molecule has 3 rings (SSSR count). The molecule has 0 spiro atoms. The minimum Gasteiger partial charge on any atom is -0.478 e. The van der Waals surface area contributed by atoms with Gasteiger partial charge >= 0.3 is 5.97 Å². The zero-order valence-corrected chi connectivity index (χ0v) is 17.3. The van der Waals surface area contributed by atoms with Crippen LogP contribution in [0, 0.1) is 11.8 Å². The molecule has 3 nitrogen and oxygen atoms in total. The molecule has 2 aromatic rings. The maximum absolute atomic E-state index is 11.2. The predicted molar refractivity (Wildman–Crippen MR) is 111 cm³/mol. The highest BCUT2D eigenvalue weighted by molar-refractivity contribution is 8.00. The van der Waals surface area contributed by atoms with Crippen LogP contribution >= 0.6 is 11.8 Å². The average Bonchev–Trinajstić information content (AvgIpc) is 2.57. The maximum atomic E-state index is 11.2. The number of aryl methyl sites for hydroxylation is 1. The molecule has 1 N–H and O–H groups in total. The quantitative estimate of drug-likeness (QED) is 0.720.